The summed E-state index contributed by atoms with van der Waals surface area (Å²) in [7, 11) is 0. The van der Waals surface area contributed by atoms with E-state index in [4.69, 9.17) is 5.73 Å². The van der Waals surface area contributed by atoms with Crippen LogP contribution in [-0.2, 0) is 5.60 Å². The van der Waals surface area contributed by atoms with Crippen molar-refractivity contribution in [2.24, 2.45) is 11.7 Å². The van der Waals surface area contributed by atoms with Gasteiger partial charge in [0.2, 0.25) is 0 Å². The summed E-state index contributed by atoms with van der Waals surface area (Å²) in [6, 6.07) is 19.6. The third-order valence-electron chi connectivity index (χ3n) is 3.55. The fraction of sp³-hybridized carbons (Fsp3) is 0.294. The molecular formula is C17H21NO. The number of aliphatic hydroxyl groups is 1. The Morgan fingerprint density at radius 1 is 0.947 bits per heavy atom. The third kappa shape index (κ3) is 3.03. The molecular weight excluding hydrogens is 234 g/mol. The average molecular weight is 255 g/mol. The fourth-order valence-electron chi connectivity index (χ4n) is 2.42. The highest BCUT2D eigenvalue weighted by Crippen LogP contribution is 2.35. The van der Waals surface area contributed by atoms with Crippen molar-refractivity contribution in [3.8, 4) is 0 Å². The topological polar surface area (TPSA) is 46.2 Å². The molecule has 100 valence electrons. The molecule has 1 unspecified atom stereocenters. The van der Waals surface area contributed by atoms with Crippen LogP contribution in [0.4, 0.5) is 0 Å². The summed E-state index contributed by atoms with van der Waals surface area (Å²) < 4.78 is 0. The number of benzene rings is 2. The number of rotatable bonds is 5. The summed E-state index contributed by atoms with van der Waals surface area (Å²) in [4.78, 5) is 0. The van der Waals surface area contributed by atoms with E-state index in [2.05, 4.69) is 6.92 Å². The molecule has 0 aromatic heterocycles. The first kappa shape index (κ1) is 13.8. The monoisotopic (exact) mass is 255 g/mol. The Kier molecular flexibility index (Phi) is 4.35. The van der Waals surface area contributed by atoms with E-state index in [9.17, 15) is 5.11 Å². The van der Waals surface area contributed by atoms with E-state index < -0.39 is 5.60 Å². The molecule has 2 rings (SSSR count). The summed E-state index contributed by atoms with van der Waals surface area (Å²) >= 11 is 0. The molecule has 2 aromatic carbocycles. The largest absolute Gasteiger partial charge is 0.380 e. The van der Waals surface area contributed by atoms with Crippen LogP contribution in [-0.4, -0.2) is 11.7 Å². The normalized spacial score (nSPS) is 13.2. The summed E-state index contributed by atoms with van der Waals surface area (Å²) in [5.74, 6) is 0.255. The molecule has 0 saturated carbocycles. The predicted octanol–water partition coefficient (Wildman–Crippen LogP) is 2.91. The van der Waals surface area contributed by atoms with Crippen LogP contribution in [0.5, 0.6) is 0 Å². The van der Waals surface area contributed by atoms with Crippen LogP contribution >= 0.6 is 0 Å². The van der Waals surface area contributed by atoms with Gasteiger partial charge in [-0.05, 0) is 30.0 Å². The number of nitrogens with two attached hydrogens (primary N) is 1. The highest BCUT2D eigenvalue weighted by Gasteiger charge is 2.32. The Morgan fingerprint density at radius 3 is 1.74 bits per heavy atom. The standard InChI is InChI=1S/C17H21NO/c1-14(13-18)12-17(19,15-8-4-2-5-9-15)16-10-6-3-7-11-16/h2-11,14,19H,12-13,18H2,1H3. The maximum atomic E-state index is 11.2. The van der Waals surface area contributed by atoms with Gasteiger partial charge in [-0.1, -0.05) is 67.6 Å². The SMILES string of the molecule is CC(CN)CC(O)(c1ccccc1)c1ccccc1. The Hall–Kier alpha value is -1.64. The van der Waals surface area contributed by atoms with Gasteiger partial charge in [0.15, 0.2) is 0 Å². The minimum absolute atomic E-state index is 0.255. The molecule has 0 spiro atoms. The van der Waals surface area contributed by atoms with Gasteiger partial charge in [0, 0.05) is 0 Å². The maximum Gasteiger partial charge on any atom is 0.115 e. The van der Waals surface area contributed by atoms with Crippen LogP contribution in [0.15, 0.2) is 60.7 Å². The number of hydrogen-bond donors (Lipinski definition) is 2. The van der Waals surface area contributed by atoms with Crippen LogP contribution in [0.2, 0.25) is 0 Å². The maximum absolute atomic E-state index is 11.2. The smallest absolute Gasteiger partial charge is 0.115 e. The second-order valence-electron chi connectivity index (χ2n) is 5.14. The fourth-order valence-corrected chi connectivity index (χ4v) is 2.42. The lowest BCUT2D eigenvalue weighted by molar-refractivity contribution is 0.0560. The van der Waals surface area contributed by atoms with Crippen molar-refractivity contribution < 1.29 is 5.11 Å². The number of hydrogen-bond acceptors (Lipinski definition) is 2. The van der Waals surface area contributed by atoms with Crippen molar-refractivity contribution in [1.29, 1.82) is 0 Å². The first-order valence-corrected chi connectivity index (χ1v) is 6.70. The van der Waals surface area contributed by atoms with Crippen LogP contribution in [0.25, 0.3) is 0 Å². The van der Waals surface area contributed by atoms with Gasteiger partial charge in [0.1, 0.15) is 5.60 Å². The summed E-state index contributed by atoms with van der Waals surface area (Å²) in [5.41, 5.74) is 6.59. The van der Waals surface area contributed by atoms with E-state index in [0.29, 0.717) is 13.0 Å². The quantitative estimate of drug-likeness (QED) is 0.863. The van der Waals surface area contributed by atoms with Crippen LogP contribution in [0.3, 0.4) is 0 Å². The van der Waals surface area contributed by atoms with Crippen molar-refractivity contribution in [3.05, 3.63) is 71.8 Å². The summed E-state index contributed by atoms with van der Waals surface area (Å²) in [6.45, 7) is 2.64. The molecule has 0 amide bonds. The van der Waals surface area contributed by atoms with Crippen molar-refractivity contribution in [2.75, 3.05) is 6.54 Å². The zero-order valence-electron chi connectivity index (χ0n) is 11.3. The van der Waals surface area contributed by atoms with Crippen molar-refractivity contribution >= 4 is 0 Å². The second kappa shape index (κ2) is 6.00. The molecule has 1 atom stereocenters. The zero-order chi connectivity index (χ0) is 13.7. The Bertz CT molecular complexity index is 456. The van der Waals surface area contributed by atoms with E-state index in [1.165, 1.54) is 0 Å². The van der Waals surface area contributed by atoms with Gasteiger partial charge in [-0.3, -0.25) is 0 Å². The minimum Gasteiger partial charge on any atom is -0.380 e. The van der Waals surface area contributed by atoms with Crippen LogP contribution in [0.1, 0.15) is 24.5 Å². The van der Waals surface area contributed by atoms with Gasteiger partial charge < -0.3 is 10.8 Å². The molecule has 3 N–H and O–H groups in total. The molecule has 0 fully saturated rings. The van der Waals surface area contributed by atoms with Gasteiger partial charge in [-0.25, -0.2) is 0 Å². The van der Waals surface area contributed by atoms with Crippen molar-refractivity contribution in [1.82, 2.24) is 0 Å². The molecule has 0 bridgehead atoms. The highest BCUT2D eigenvalue weighted by molar-refractivity contribution is 5.35. The third-order valence-corrected chi connectivity index (χ3v) is 3.55. The average Bonchev–Trinajstić information content (AvgIpc) is 2.48. The molecule has 0 heterocycles. The molecule has 2 heteroatoms. The predicted molar refractivity (Wildman–Crippen MR) is 78.7 cm³/mol. The summed E-state index contributed by atoms with van der Waals surface area (Å²) in [6.07, 6.45) is 0.623. The van der Waals surface area contributed by atoms with E-state index in [0.717, 1.165) is 11.1 Å². The Labute approximate surface area is 114 Å². The lowest BCUT2D eigenvalue weighted by Gasteiger charge is -2.31. The van der Waals surface area contributed by atoms with E-state index >= 15 is 0 Å². The molecule has 0 radical (unpaired) electrons. The van der Waals surface area contributed by atoms with Crippen LogP contribution < -0.4 is 5.73 Å². The zero-order valence-corrected chi connectivity index (χ0v) is 11.3. The Balaban J connectivity index is 2.44. The minimum atomic E-state index is -0.971. The van der Waals surface area contributed by atoms with Crippen LogP contribution in [0, 0.1) is 5.92 Å². The van der Waals surface area contributed by atoms with E-state index in [-0.39, 0.29) is 5.92 Å². The lowest BCUT2D eigenvalue weighted by Crippen LogP contribution is -2.31. The Morgan fingerprint density at radius 2 is 1.37 bits per heavy atom. The second-order valence-corrected chi connectivity index (χ2v) is 5.14. The molecule has 19 heavy (non-hydrogen) atoms. The molecule has 0 aliphatic heterocycles. The molecule has 2 nitrogen and oxygen atoms in total. The first-order valence-electron chi connectivity index (χ1n) is 6.70. The summed E-state index contributed by atoms with van der Waals surface area (Å²) in [5, 5.41) is 11.2. The van der Waals surface area contributed by atoms with Crippen molar-refractivity contribution in [2.45, 2.75) is 18.9 Å². The van der Waals surface area contributed by atoms with Gasteiger partial charge >= 0.3 is 0 Å². The lowest BCUT2D eigenvalue weighted by atomic mass is 9.80. The van der Waals surface area contributed by atoms with E-state index in [1.807, 2.05) is 60.7 Å². The molecule has 0 saturated heterocycles. The van der Waals surface area contributed by atoms with Crippen molar-refractivity contribution in [3.63, 3.8) is 0 Å². The van der Waals surface area contributed by atoms with E-state index in [1.54, 1.807) is 0 Å². The first-order chi connectivity index (χ1) is 9.16. The van der Waals surface area contributed by atoms with Gasteiger partial charge in [0.25, 0.3) is 0 Å². The van der Waals surface area contributed by atoms with Gasteiger partial charge in [-0.15, -0.1) is 0 Å². The molecule has 2 aromatic rings. The van der Waals surface area contributed by atoms with Gasteiger partial charge in [-0.2, -0.15) is 0 Å². The molecule has 0 aliphatic rings. The molecule has 0 aliphatic carbocycles. The van der Waals surface area contributed by atoms with Gasteiger partial charge in [0.05, 0.1) is 0 Å². The highest BCUT2D eigenvalue weighted by atomic mass is 16.3.